The SMILES string of the molecule is CC(C)(C)OC(=O)N[C@@H](Cc1ccc2c(c1)OCCCCCCN(Cc1ccccc1)CCCCCCN(Cc1ccccc1)CCCCCCO2)C(=O)O. The molecule has 1 aliphatic rings. The summed E-state index contributed by atoms with van der Waals surface area (Å²) in [6, 6.07) is 26.1. The van der Waals surface area contributed by atoms with Gasteiger partial charge >= 0.3 is 12.1 Å². The second-order valence-electron chi connectivity index (χ2n) is 16.0. The quantitative estimate of drug-likeness (QED) is 0.234. The number of fused-ring (bicyclic) bond motifs is 1. The Morgan fingerprint density at radius 1 is 0.636 bits per heavy atom. The minimum Gasteiger partial charge on any atom is -0.490 e. The molecule has 1 aliphatic heterocycles. The molecular formula is C46H67N3O6. The molecule has 3 aromatic rings. The molecule has 0 fully saturated rings. The van der Waals surface area contributed by atoms with E-state index in [1.54, 1.807) is 20.8 Å². The number of benzene rings is 3. The van der Waals surface area contributed by atoms with Gasteiger partial charge in [-0.1, -0.05) is 105 Å². The molecule has 9 heteroatoms. The van der Waals surface area contributed by atoms with Gasteiger partial charge in [0, 0.05) is 19.5 Å². The molecule has 0 saturated heterocycles. The van der Waals surface area contributed by atoms with Crippen molar-refractivity contribution in [2.45, 2.75) is 129 Å². The predicted molar refractivity (Wildman–Crippen MR) is 221 cm³/mol. The summed E-state index contributed by atoms with van der Waals surface area (Å²) in [4.78, 5) is 29.8. The predicted octanol–water partition coefficient (Wildman–Crippen LogP) is 9.66. The third-order valence-corrected chi connectivity index (χ3v) is 9.89. The standard InChI is InChI=1S/C46H67N3O6/c1-46(2,3)55-45(52)47-41(44(50)51)34-40-26-27-42-43(35-40)54-33-21-9-7-19-31-49(37-39-24-14-11-15-25-39)29-17-5-4-16-28-48(30-18-6-8-20-32-53-42)36-38-22-12-10-13-23-38/h10-15,22-27,35,41H,4-9,16-21,28-34,36-37H2,1-3H3,(H,47,52)(H,50,51)/t41-/m0/s1. The average molecular weight is 758 g/mol. The maximum atomic E-state index is 12.4. The van der Waals surface area contributed by atoms with Crippen LogP contribution in [0.1, 0.15) is 115 Å². The van der Waals surface area contributed by atoms with Crippen LogP contribution in [0.2, 0.25) is 0 Å². The molecule has 55 heavy (non-hydrogen) atoms. The number of rotatable bonds is 8. The number of ether oxygens (including phenoxy) is 3. The Labute approximate surface area is 330 Å². The number of hydrogen-bond acceptors (Lipinski definition) is 7. The minimum absolute atomic E-state index is 0.0893. The lowest BCUT2D eigenvalue weighted by Gasteiger charge is -2.24. The Morgan fingerprint density at radius 3 is 1.55 bits per heavy atom. The van der Waals surface area contributed by atoms with Crippen LogP contribution in [-0.2, 0) is 29.0 Å². The van der Waals surface area contributed by atoms with E-state index >= 15 is 0 Å². The van der Waals surface area contributed by atoms with Gasteiger partial charge in [-0.2, -0.15) is 0 Å². The molecular weight excluding hydrogens is 691 g/mol. The van der Waals surface area contributed by atoms with Gasteiger partial charge in [-0.25, -0.2) is 9.59 Å². The Morgan fingerprint density at radius 2 is 1.09 bits per heavy atom. The van der Waals surface area contributed by atoms with Crippen LogP contribution in [0.5, 0.6) is 11.5 Å². The fourth-order valence-corrected chi connectivity index (χ4v) is 6.99. The summed E-state index contributed by atoms with van der Waals surface area (Å²) in [5.74, 6) is 0.145. The van der Waals surface area contributed by atoms with E-state index in [2.05, 4.69) is 75.8 Å². The van der Waals surface area contributed by atoms with Crippen LogP contribution in [0.25, 0.3) is 0 Å². The normalized spacial score (nSPS) is 17.7. The summed E-state index contributed by atoms with van der Waals surface area (Å²) < 4.78 is 17.9. The van der Waals surface area contributed by atoms with E-state index in [0.29, 0.717) is 24.7 Å². The Bertz CT molecular complexity index is 1510. The number of nitrogens with one attached hydrogen (secondary N) is 1. The van der Waals surface area contributed by atoms with Gasteiger partial charge in [-0.3, -0.25) is 9.80 Å². The molecule has 9 nitrogen and oxygen atoms in total. The smallest absolute Gasteiger partial charge is 0.408 e. The first-order valence-electron chi connectivity index (χ1n) is 20.8. The summed E-state index contributed by atoms with van der Waals surface area (Å²) in [5.41, 5.74) is 2.75. The van der Waals surface area contributed by atoms with Gasteiger partial charge in [0.2, 0.25) is 0 Å². The summed E-state index contributed by atoms with van der Waals surface area (Å²) in [7, 11) is 0. The first kappa shape index (κ1) is 43.6. The third-order valence-electron chi connectivity index (χ3n) is 9.89. The van der Waals surface area contributed by atoms with Crippen LogP contribution in [0, 0.1) is 0 Å². The zero-order valence-electron chi connectivity index (χ0n) is 33.8. The average Bonchev–Trinajstić information content (AvgIpc) is 3.15. The van der Waals surface area contributed by atoms with E-state index < -0.39 is 23.7 Å². The lowest BCUT2D eigenvalue weighted by atomic mass is 10.1. The third kappa shape index (κ3) is 18.4. The number of amides is 1. The van der Waals surface area contributed by atoms with Crippen molar-refractivity contribution in [2.24, 2.45) is 0 Å². The molecule has 302 valence electrons. The summed E-state index contributed by atoms with van der Waals surface area (Å²) in [5, 5.41) is 12.4. The van der Waals surface area contributed by atoms with Gasteiger partial charge in [-0.05, 0) is 114 Å². The summed E-state index contributed by atoms with van der Waals surface area (Å²) in [6.45, 7) is 12.8. The van der Waals surface area contributed by atoms with Crippen LogP contribution in [-0.4, -0.2) is 78.0 Å². The first-order chi connectivity index (χ1) is 26.6. The number of carboxylic acid groups (broad SMARTS) is 1. The lowest BCUT2D eigenvalue weighted by Crippen LogP contribution is -2.44. The number of nitrogens with zero attached hydrogens (tertiary/aromatic N) is 2. The molecule has 1 amide bonds. The molecule has 0 unspecified atom stereocenters. The van der Waals surface area contributed by atoms with Crippen molar-refractivity contribution in [1.29, 1.82) is 0 Å². The highest BCUT2D eigenvalue weighted by atomic mass is 16.6. The van der Waals surface area contributed by atoms with Crippen molar-refractivity contribution in [3.8, 4) is 11.5 Å². The van der Waals surface area contributed by atoms with Crippen LogP contribution in [0.15, 0.2) is 78.9 Å². The second-order valence-corrected chi connectivity index (χ2v) is 16.0. The second kappa shape index (κ2) is 24.4. The molecule has 1 heterocycles. The number of carboxylic acids is 1. The minimum atomic E-state index is -1.14. The molecule has 0 aromatic heterocycles. The van der Waals surface area contributed by atoms with Gasteiger partial charge in [0.15, 0.2) is 11.5 Å². The van der Waals surface area contributed by atoms with Crippen LogP contribution >= 0.6 is 0 Å². The fourth-order valence-electron chi connectivity index (χ4n) is 6.99. The van der Waals surface area contributed by atoms with E-state index in [-0.39, 0.29) is 6.42 Å². The van der Waals surface area contributed by atoms with Gasteiger partial charge in [0.25, 0.3) is 0 Å². The molecule has 3 aromatic carbocycles. The van der Waals surface area contributed by atoms with Gasteiger partial charge in [0.05, 0.1) is 13.2 Å². The molecule has 4 rings (SSSR count). The molecule has 0 radical (unpaired) electrons. The van der Waals surface area contributed by atoms with Gasteiger partial charge in [-0.15, -0.1) is 0 Å². The Kier molecular flexibility index (Phi) is 19.4. The van der Waals surface area contributed by atoms with Crippen LogP contribution < -0.4 is 14.8 Å². The van der Waals surface area contributed by atoms with Crippen LogP contribution in [0.4, 0.5) is 4.79 Å². The Balaban J connectivity index is 1.40. The topological polar surface area (TPSA) is 101 Å². The van der Waals surface area contributed by atoms with E-state index in [4.69, 9.17) is 14.2 Å². The molecule has 0 saturated carbocycles. The van der Waals surface area contributed by atoms with Crippen molar-refractivity contribution in [1.82, 2.24) is 15.1 Å². The van der Waals surface area contributed by atoms with Crippen molar-refractivity contribution in [2.75, 3.05) is 39.4 Å². The highest BCUT2D eigenvalue weighted by Gasteiger charge is 2.25. The van der Waals surface area contributed by atoms with E-state index in [0.717, 1.165) is 96.2 Å². The number of aliphatic carboxylic acids is 1. The highest BCUT2D eigenvalue weighted by molar-refractivity contribution is 5.80. The van der Waals surface area contributed by atoms with Gasteiger partial charge in [0.1, 0.15) is 11.6 Å². The maximum absolute atomic E-state index is 12.4. The fraction of sp³-hybridized carbons (Fsp3) is 0.565. The number of hydrogen-bond donors (Lipinski definition) is 2. The zero-order valence-corrected chi connectivity index (χ0v) is 33.8. The zero-order chi connectivity index (χ0) is 39.1. The molecule has 0 aliphatic carbocycles. The van der Waals surface area contributed by atoms with Crippen molar-refractivity contribution in [3.63, 3.8) is 0 Å². The molecule has 1 atom stereocenters. The Hall–Kier alpha value is -4.08. The summed E-state index contributed by atoms with van der Waals surface area (Å²) >= 11 is 0. The van der Waals surface area contributed by atoms with Crippen molar-refractivity contribution >= 4 is 12.1 Å². The molecule has 0 spiro atoms. The number of carbonyl (C=O) groups excluding carboxylic acids is 1. The van der Waals surface area contributed by atoms with E-state index in [1.807, 2.05) is 18.2 Å². The van der Waals surface area contributed by atoms with Crippen molar-refractivity contribution < 1.29 is 28.9 Å². The van der Waals surface area contributed by atoms with E-state index in [9.17, 15) is 14.7 Å². The van der Waals surface area contributed by atoms with E-state index in [1.165, 1.54) is 36.8 Å². The van der Waals surface area contributed by atoms with Crippen molar-refractivity contribution in [3.05, 3.63) is 95.6 Å². The number of carbonyl (C=O) groups is 2. The summed E-state index contributed by atoms with van der Waals surface area (Å²) in [6.07, 6.45) is 12.9. The largest absolute Gasteiger partial charge is 0.490 e. The first-order valence-corrected chi connectivity index (χ1v) is 20.8. The van der Waals surface area contributed by atoms with Crippen LogP contribution in [0.3, 0.4) is 0 Å². The highest BCUT2D eigenvalue weighted by Crippen LogP contribution is 2.30. The maximum Gasteiger partial charge on any atom is 0.408 e. The number of alkyl carbamates (subject to hydrolysis) is 1. The monoisotopic (exact) mass is 758 g/mol. The molecule has 2 N–H and O–H groups in total. The van der Waals surface area contributed by atoms with Gasteiger partial charge < -0.3 is 24.6 Å². The lowest BCUT2D eigenvalue weighted by molar-refractivity contribution is -0.139. The molecule has 0 bridgehead atoms.